The smallest absolute Gasteiger partial charge is 0.104 e. The molecule has 0 saturated heterocycles. The number of hydrogen-bond donors (Lipinski definition) is 0. The highest BCUT2D eigenvalue weighted by molar-refractivity contribution is 6.11. The third-order valence-corrected chi connectivity index (χ3v) is 9.38. The molecule has 0 radical (unpaired) electrons. The van der Waals surface area contributed by atoms with Gasteiger partial charge in [0.05, 0.1) is 45.1 Å². The molecular formula is C43H32N4. The van der Waals surface area contributed by atoms with Crippen LogP contribution < -0.4 is 0 Å². The van der Waals surface area contributed by atoms with E-state index >= 15 is 0 Å². The molecule has 0 N–H and O–H groups in total. The molecule has 4 nitrogen and oxygen atoms in total. The number of nitrogens with zero attached hydrogens (tertiary/aromatic N) is 4. The lowest BCUT2D eigenvalue weighted by atomic mass is 9.97. The fourth-order valence-electron chi connectivity index (χ4n) is 7.28. The monoisotopic (exact) mass is 604 g/mol. The molecule has 0 saturated carbocycles. The Balaban J connectivity index is 1.58. The van der Waals surface area contributed by atoms with Gasteiger partial charge in [0.1, 0.15) is 11.6 Å². The van der Waals surface area contributed by atoms with Gasteiger partial charge >= 0.3 is 0 Å². The van der Waals surface area contributed by atoms with Crippen LogP contribution in [0.4, 0.5) is 0 Å². The van der Waals surface area contributed by atoms with E-state index in [2.05, 4.69) is 140 Å². The van der Waals surface area contributed by atoms with Crippen molar-refractivity contribution in [2.75, 3.05) is 0 Å². The van der Waals surface area contributed by atoms with Crippen molar-refractivity contribution in [1.82, 2.24) is 9.13 Å². The van der Waals surface area contributed by atoms with Gasteiger partial charge in [-0.3, -0.25) is 0 Å². The largest absolute Gasteiger partial charge is 0.308 e. The highest BCUT2D eigenvalue weighted by Crippen LogP contribution is 2.41. The van der Waals surface area contributed by atoms with Gasteiger partial charge in [-0.15, -0.1) is 0 Å². The fraction of sp³-hybridized carbons (Fsp3) is 0.116. The average molecular weight is 605 g/mol. The Labute approximate surface area is 274 Å². The van der Waals surface area contributed by atoms with Gasteiger partial charge in [-0.2, -0.15) is 10.5 Å². The van der Waals surface area contributed by atoms with E-state index in [1.165, 1.54) is 22.3 Å². The molecule has 0 unspecified atom stereocenters. The van der Waals surface area contributed by atoms with Crippen molar-refractivity contribution in [2.45, 2.75) is 34.6 Å². The van der Waals surface area contributed by atoms with Crippen LogP contribution in [0.15, 0.2) is 103 Å². The molecule has 8 aromatic rings. The van der Waals surface area contributed by atoms with E-state index in [0.717, 1.165) is 71.7 Å². The number of nitriles is 2. The lowest BCUT2D eigenvalue weighted by molar-refractivity contribution is 1.12. The predicted octanol–water partition coefficient (Wildman–Crippen LogP) is 10.8. The van der Waals surface area contributed by atoms with Crippen LogP contribution in [-0.4, -0.2) is 9.13 Å². The van der Waals surface area contributed by atoms with Gasteiger partial charge in [-0.25, -0.2) is 0 Å². The minimum absolute atomic E-state index is 0.585. The molecule has 0 atom stereocenters. The van der Waals surface area contributed by atoms with Crippen molar-refractivity contribution < 1.29 is 0 Å². The summed E-state index contributed by atoms with van der Waals surface area (Å²) in [6.07, 6.45) is 0. The molecule has 8 rings (SSSR count). The first-order chi connectivity index (χ1) is 22.7. The van der Waals surface area contributed by atoms with Crippen molar-refractivity contribution in [3.05, 3.63) is 142 Å². The molecule has 0 aliphatic heterocycles. The summed E-state index contributed by atoms with van der Waals surface area (Å²) in [6, 6.07) is 41.4. The standard InChI is InChI=1S/C43H32N4/c1-25-6-10-38-33(16-25)34-17-26(2)7-11-39(34)46(38)42-21-32(31-15-29(5)14-30(20-31)23-44)22-43(37(42)24-45)47-40-12-8-27(3)18-35(40)36-19-28(4)9-13-41(36)47/h6-22H,1-5H3. The van der Waals surface area contributed by atoms with Gasteiger partial charge in [0, 0.05) is 21.5 Å². The van der Waals surface area contributed by atoms with Crippen molar-refractivity contribution in [1.29, 1.82) is 10.5 Å². The van der Waals surface area contributed by atoms with Gasteiger partial charge in [-0.05, 0) is 124 Å². The number of fused-ring (bicyclic) bond motifs is 6. The maximum absolute atomic E-state index is 11.1. The second-order valence-corrected chi connectivity index (χ2v) is 13.0. The maximum atomic E-state index is 11.1. The van der Waals surface area contributed by atoms with E-state index in [1.807, 2.05) is 19.1 Å². The average Bonchev–Trinajstić information content (AvgIpc) is 3.54. The van der Waals surface area contributed by atoms with Crippen molar-refractivity contribution in [3.8, 4) is 34.6 Å². The Kier molecular flexibility index (Phi) is 6.33. The molecule has 0 aliphatic rings. The van der Waals surface area contributed by atoms with Crippen LogP contribution in [0, 0.1) is 57.3 Å². The van der Waals surface area contributed by atoms with E-state index in [9.17, 15) is 10.5 Å². The quantitative estimate of drug-likeness (QED) is 0.201. The topological polar surface area (TPSA) is 57.4 Å². The maximum Gasteiger partial charge on any atom is 0.104 e. The first-order valence-corrected chi connectivity index (χ1v) is 15.9. The minimum atomic E-state index is 0.585. The Morgan fingerprint density at radius 2 is 0.787 bits per heavy atom. The van der Waals surface area contributed by atoms with E-state index in [0.29, 0.717) is 11.1 Å². The fourth-order valence-corrected chi connectivity index (χ4v) is 7.28. The van der Waals surface area contributed by atoms with Crippen molar-refractivity contribution in [2.24, 2.45) is 0 Å². The Morgan fingerprint density at radius 3 is 1.15 bits per heavy atom. The first-order valence-electron chi connectivity index (χ1n) is 15.9. The molecule has 2 heterocycles. The van der Waals surface area contributed by atoms with E-state index in [-0.39, 0.29) is 0 Å². The number of rotatable bonds is 3. The minimum Gasteiger partial charge on any atom is -0.308 e. The summed E-state index contributed by atoms with van der Waals surface area (Å²) in [5, 5.41) is 25.6. The van der Waals surface area contributed by atoms with Crippen LogP contribution in [0.1, 0.15) is 38.9 Å². The van der Waals surface area contributed by atoms with E-state index < -0.39 is 0 Å². The van der Waals surface area contributed by atoms with Gasteiger partial charge in [0.15, 0.2) is 0 Å². The molecule has 4 heteroatoms. The summed E-state index contributed by atoms with van der Waals surface area (Å²) in [4.78, 5) is 0. The number of benzene rings is 6. The van der Waals surface area contributed by atoms with Gasteiger partial charge in [0.25, 0.3) is 0 Å². The summed E-state index contributed by atoms with van der Waals surface area (Å²) in [6.45, 7) is 10.5. The van der Waals surface area contributed by atoms with Crippen LogP contribution in [0.2, 0.25) is 0 Å². The normalized spacial score (nSPS) is 11.5. The summed E-state index contributed by atoms with van der Waals surface area (Å²) in [7, 11) is 0. The zero-order chi connectivity index (χ0) is 32.6. The Bertz CT molecular complexity index is 2440. The van der Waals surface area contributed by atoms with Gasteiger partial charge in [-0.1, -0.05) is 52.6 Å². The third-order valence-electron chi connectivity index (χ3n) is 9.38. The van der Waals surface area contributed by atoms with Crippen LogP contribution in [-0.2, 0) is 0 Å². The summed E-state index contributed by atoms with van der Waals surface area (Å²) in [5.41, 5.74) is 14.6. The molecular weight excluding hydrogens is 573 g/mol. The van der Waals surface area contributed by atoms with Crippen LogP contribution in [0.25, 0.3) is 66.1 Å². The van der Waals surface area contributed by atoms with Crippen LogP contribution in [0.3, 0.4) is 0 Å². The van der Waals surface area contributed by atoms with Gasteiger partial charge in [0.2, 0.25) is 0 Å². The molecule has 0 spiro atoms. The molecule has 0 aliphatic carbocycles. The zero-order valence-electron chi connectivity index (χ0n) is 27.1. The molecule has 6 aromatic carbocycles. The van der Waals surface area contributed by atoms with Crippen LogP contribution in [0.5, 0.6) is 0 Å². The lowest BCUT2D eigenvalue weighted by Crippen LogP contribution is -2.05. The van der Waals surface area contributed by atoms with Gasteiger partial charge < -0.3 is 9.13 Å². The summed E-state index contributed by atoms with van der Waals surface area (Å²) < 4.78 is 4.50. The SMILES string of the molecule is Cc1cc(C#N)cc(-c2cc(-n3c4ccc(C)cc4c4cc(C)ccc43)c(C#N)c(-n3c4ccc(C)cc4c4cc(C)ccc43)c2)c1. The number of aryl methyl sites for hydroxylation is 5. The zero-order valence-corrected chi connectivity index (χ0v) is 27.1. The highest BCUT2D eigenvalue weighted by atomic mass is 15.0. The van der Waals surface area contributed by atoms with E-state index in [1.54, 1.807) is 0 Å². The summed E-state index contributed by atoms with van der Waals surface area (Å²) in [5.74, 6) is 0. The number of hydrogen-bond acceptors (Lipinski definition) is 2. The van der Waals surface area contributed by atoms with Crippen molar-refractivity contribution >= 4 is 43.6 Å². The molecule has 224 valence electrons. The Hall–Kier alpha value is -6.10. The molecule has 0 fully saturated rings. The summed E-state index contributed by atoms with van der Waals surface area (Å²) >= 11 is 0. The number of aromatic nitrogens is 2. The molecule has 47 heavy (non-hydrogen) atoms. The van der Waals surface area contributed by atoms with Crippen LogP contribution >= 0.6 is 0 Å². The second kappa shape index (κ2) is 10.5. The lowest BCUT2D eigenvalue weighted by Gasteiger charge is -2.19. The second-order valence-electron chi connectivity index (χ2n) is 13.0. The molecule has 2 aromatic heterocycles. The van der Waals surface area contributed by atoms with E-state index in [4.69, 9.17) is 0 Å². The predicted molar refractivity (Wildman–Crippen MR) is 194 cm³/mol. The highest BCUT2D eigenvalue weighted by Gasteiger charge is 2.23. The molecule has 0 bridgehead atoms. The Morgan fingerprint density at radius 1 is 0.404 bits per heavy atom. The van der Waals surface area contributed by atoms with Crippen molar-refractivity contribution in [3.63, 3.8) is 0 Å². The third kappa shape index (κ3) is 4.42. The first kappa shape index (κ1) is 28.4. The molecule has 0 amide bonds.